The molecule has 0 saturated heterocycles. The van der Waals surface area contributed by atoms with E-state index in [2.05, 4.69) is 9.97 Å². The molecule has 0 aliphatic carbocycles. The molecule has 2 rings (SSSR count). The fourth-order valence-electron chi connectivity index (χ4n) is 2.32. The van der Waals surface area contributed by atoms with Gasteiger partial charge in [-0.15, -0.1) is 0 Å². The van der Waals surface area contributed by atoms with Crippen LogP contribution in [0.15, 0.2) is 30.6 Å². The summed E-state index contributed by atoms with van der Waals surface area (Å²) in [6.07, 6.45) is -0.00377. The van der Waals surface area contributed by atoms with Gasteiger partial charge in [-0.05, 0) is 30.0 Å². The molecular weight excluding hydrogens is 307 g/mol. The van der Waals surface area contributed by atoms with Crippen molar-refractivity contribution in [1.29, 1.82) is 0 Å². The van der Waals surface area contributed by atoms with Crippen LogP contribution in [0, 0.1) is 0 Å². The Morgan fingerprint density at radius 2 is 1.87 bits per heavy atom. The molecule has 1 amide bonds. The van der Waals surface area contributed by atoms with Crippen molar-refractivity contribution in [3.8, 4) is 11.1 Å². The predicted molar refractivity (Wildman–Crippen MR) is 79.6 cm³/mol. The van der Waals surface area contributed by atoms with Crippen LogP contribution in [0.1, 0.15) is 41.5 Å². The minimum atomic E-state index is -4.58. The lowest BCUT2D eigenvalue weighted by atomic mass is 9.93. The van der Waals surface area contributed by atoms with Crippen LogP contribution in [-0.4, -0.2) is 15.9 Å². The third kappa shape index (κ3) is 3.85. The zero-order chi connectivity index (χ0) is 17.0. The summed E-state index contributed by atoms with van der Waals surface area (Å²) in [5.41, 5.74) is 7.53. The largest absolute Gasteiger partial charge is 0.451 e. The summed E-state index contributed by atoms with van der Waals surface area (Å²) in [7, 11) is 0. The number of alkyl halides is 3. The molecule has 23 heavy (non-hydrogen) atoms. The highest BCUT2D eigenvalue weighted by atomic mass is 19.4. The van der Waals surface area contributed by atoms with Crippen LogP contribution >= 0.6 is 0 Å². The van der Waals surface area contributed by atoms with Crippen LogP contribution in [0.2, 0.25) is 0 Å². The lowest BCUT2D eigenvalue weighted by Gasteiger charge is -2.13. The number of nitrogens with zero attached hydrogens (tertiary/aromatic N) is 2. The highest BCUT2D eigenvalue weighted by Gasteiger charge is 2.34. The third-order valence-electron chi connectivity index (χ3n) is 3.44. The number of hydrogen-bond donors (Lipinski definition) is 1. The number of benzene rings is 1. The van der Waals surface area contributed by atoms with Gasteiger partial charge in [0.25, 0.3) is 0 Å². The molecule has 2 N–H and O–H groups in total. The Hall–Kier alpha value is -2.44. The number of rotatable bonds is 5. The molecular formula is C16H16F3N3O. The molecule has 2 aromatic rings. The first-order valence-electron chi connectivity index (χ1n) is 7.16. The lowest BCUT2D eigenvalue weighted by Crippen LogP contribution is -2.15. The summed E-state index contributed by atoms with van der Waals surface area (Å²) < 4.78 is 37.7. The maximum Gasteiger partial charge on any atom is 0.451 e. The zero-order valence-electron chi connectivity index (χ0n) is 12.5. The van der Waals surface area contributed by atoms with Crippen molar-refractivity contribution >= 4 is 5.91 Å². The molecule has 1 aromatic carbocycles. The fourth-order valence-corrected chi connectivity index (χ4v) is 2.32. The van der Waals surface area contributed by atoms with Gasteiger partial charge in [-0.25, -0.2) is 9.97 Å². The minimum Gasteiger partial charge on any atom is -0.366 e. The van der Waals surface area contributed by atoms with Gasteiger partial charge in [-0.1, -0.05) is 25.5 Å². The van der Waals surface area contributed by atoms with Crippen LogP contribution in [-0.2, 0) is 12.6 Å². The molecule has 0 fully saturated rings. The first-order chi connectivity index (χ1) is 10.8. The van der Waals surface area contributed by atoms with Crippen molar-refractivity contribution in [3.63, 3.8) is 0 Å². The molecule has 7 heteroatoms. The Labute approximate surface area is 131 Å². The molecule has 0 aliphatic rings. The number of hydrogen-bond acceptors (Lipinski definition) is 3. The number of aromatic nitrogens is 2. The normalized spacial score (nSPS) is 11.5. The Morgan fingerprint density at radius 1 is 1.22 bits per heavy atom. The Kier molecular flexibility index (Phi) is 4.98. The first-order valence-corrected chi connectivity index (χ1v) is 7.16. The molecule has 1 aromatic heterocycles. The highest BCUT2D eigenvalue weighted by Crippen LogP contribution is 2.30. The predicted octanol–water partition coefficient (Wildman–Crippen LogP) is 3.60. The fraction of sp³-hybridized carbons (Fsp3) is 0.312. The van der Waals surface area contributed by atoms with Gasteiger partial charge in [0.2, 0.25) is 11.7 Å². The van der Waals surface area contributed by atoms with E-state index in [1.54, 1.807) is 18.2 Å². The van der Waals surface area contributed by atoms with E-state index in [9.17, 15) is 18.0 Å². The highest BCUT2D eigenvalue weighted by molar-refractivity contribution is 5.96. The molecule has 0 aliphatic heterocycles. The van der Waals surface area contributed by atoms with Crippen LogP contribution in [0.5, 0.6) is 0 Å². The van der Waals surface area contributed by atoms with E-state index in [0.29, 0.717) is 28.7 Å². The Bertz CT molecular complexity index is 697. The topological polar surface area (TPSA) is 68.9 Å². The van der Waals surface area contributed by atoms with Crippen molar-refractivity contribution < 1.29 is 18.0 Å². The van der Waals surface area contributed by atoms with E-state index >= 15 is 0 Å². The summed E-state index contributed by atoms with van der Waals surface area (Å²) >= 11 is 0. The number of amides is 1. The summed E-state index contributed by atoms with van der Waals surface area (Å²) in [6.45, 7) is 2.01. The summed E-state index contributed by atoms with van der Waals surface area (Å²) in [4.78, 5) is 18.3. The van der Waals surface area contributed by atoms with E-state index in [1.807, 2.05) is 6.92 Å². The lowest BCUT2D eigenvalue weighted by molar-refractivity contribution is -0.144. The second kappa shape index (κ2) is 6.76. The number of carbonyl (C=O) groups is 1. The van der Waals surface area contributed by atoms with Gasteiger partial charge in [0, 0.05) is 23.5 Å². The van der Waals surface area contributed by atoms with E-state index in [4.69, 9.17) is 5.73 Å². The van der Waals surface area contributed by atoms with Crippen LogP contribution < -0.4 is 5.73 Å². The van der Waals surface area contributed by atoms with Crippen LogP contribution in [0.25, 0.3) is 11.1 Å². The van der Waals surface area contributed by atoms with Crippen molar-refractivity contribution in [2.24, 2.45) is 5.73 Å². The average molecular weight is 323 g/mol. The number of primary amides is 1. The summed E-state index contributed by atoms with van der Waals surface area (Å²) in [6, 6.07) is 4.98. The van der Waals surface area contributed by atoms with Gasteiger partial charge < -0.3 is 5.73 Å². The molecule has 0 spiro atoms. The summed E-state index contributed by atoms with van der Waals surface area (Å²) in [5.74, 6) is -1.76. The quantitative estimate of drug-likeness (QED) is 0.914. The smallest absolute Gasteiger partial charge is 0.366 e. The SMILES string of the molecule is CCCCc1c(C(N)=O)cccc1-c1cnc(C(F)(F)F)nc1. The summed E-state index contributed by atoms with van der Waals surface area (Å²) in [5, 5.41) is 0. The van der Waals surface area contributed by atoms with Crippen LogP contribution in [0.4, 0.5) is 13.2 Å². The zero-order valence-corrected chi connectivity index (χ0v) is 12.5. The molecule has 0 unspecified atom stereocenters. The maximum atomic E-state index is 12.6. The number of halogens is 3. The first kappa shape index (κ1) is 16.9. The molecule has 122 valence electrons. The van der Waals surface area contributed by atoms with E-state index < -0.39 is 17.9 Å². The minimum absolute atomic E-state index is 0.371. The van der Waals surface area contributed by atoms with Gasteiger partial charge in [0.1, 0.15) is 0 Å². The van der Waals surface area contributed by atoms with E-state index in [1.165, 1.54) is 0 Å². The van der Waals surface area contributed by atoms with Crippen molar-refractivity contribution in [3.05, 3.63) is 47.5 Å². The molecule has 0 radical (unpaired) electrons. The third-order valence-corrected chi connectivity index (χ3v) is 3.44. The second-order valence-corrected chi connectivity index (χ2v) is 5.09. The van der Waals surface area contributed by atoms with Crippen molar-refractivity contribution in [1.82, 2.24) is 9.97 Å². The van der Waals surface area contributed by atoms with Crippen molar-refractivity contribution in [2.45, 2.75) is 32.4 Å². The molecule has 0 saturated carbocycles. The molecule has 1 heterocycles. The Balaban J connectivity index is 2.49. The van der Waals surface area contributed by atoms with E-state index in [0.717, 1.165) is 25.2 Å². The second-order valence-electron chi connectivity index (χ2n) is 5.09. The van der Waals surface area contributed by atoms with E-state index in [-0.39, 0.29) is 0 Å². The van der Waals surface area contributed by atoms with Gasteiger partial charge in [0.05, 0.1) is 0 Å². The van der Waals surface area contributed by atoms with Gasteiger partial charge in [0.15, 0.2) is 0 Å². The Morgan fingerprint density at radius 3 is 2.39 bits per heavy atom. The number of nitrogens with two attached hydrogens (primary N) is 1. The van der Waals surface area contributed by atoms with Crippen LogP contribution in [0.3, 0.4) is 0 Å². The van der Waals surface area contributed by atoms with Gasteiger partial charge >= 0.3 is 6.18 Å². The standard InChI is InChI=1S/C16H16F3N3O/c1-2-3-5-12-11(6-4-7-13(12)14(20)23)10-8-21-15(22-9-10)16(17,18)19/h4,6-9H,2-3,5H2,1H3,(H2,20,23). The van der Waals surface area contributed by atoms with Gasteiger partial charge in [-0.3, -0.25) is 4.79 Å². The number of unbranched alkanes of at least 4 members (excludes halogenated alkanes) is 1. The maximum absolute atomic E-state index is 12.6. The monoisotopic (exact) mass is 323 g/mol. The van der Waals surface area contributed by atoms with Gasteiger partial charge in [-0.2, -0.15) is 13.2 Å². The molecule has 0 atom stereocenters. The molecule has 4 nitrogen and oxygen atoms in total. The molecule has 0 bridgehead atoms. The number of carbonyl (C=O) groups excluding carboxylic acids is 1. The average Bonchev–Trinajstić information content (AvgIpc) is 2.51. The van der Waals surface area contributed by atoms with Crippen molar-refractivity contribution in [2.75, 3.05) is 0 Å².